The zero-order chi connectivity index (χ0) is 6.41. The molecule has 0 aliphatic rings. The van der Waals surface area contributed by atoms with Crippen molar-refractivity contribution < 1.29 is 4.74 Å². The summed E-state index contributed by atoms with van der Waals surface area (Å²) < 4.78 is 4.63. The van der Waals surface area contributed by atoms with Gasteiger partial charge in [-0.1, -0.05) is 0 Å². The Balaban J connectivity index is 3.66. The average molecular weight is 114 g/mol. The van der Waals surface area contributed by atoms with Gasteiger partial charge in [0.2, 0.25) is 0 Å². The summed E-state index contributed by atoms with van der Waals surface area (Å²) in [4.78, 5) is 3.57. The third kappa shape index (κ3) is 2.23. The van der Waals surface area contributed by atoms with Crippen LogP contribution in [-0.2, 0) is 4.74 Å². The molecule has 0 amide bonds. The highest BCUT2D eigenvalue weighted by molar-refractivity contribution is 5.27. The SMILES string of the molecule is C=N/C(=C\OC)NC. The van der Waals surface area contributed by atoms with Crippen LogP contribution in [0.5, 0.6) is 0 Å². The number of hydrogen-bond acceptors (Lipinski definition) is 3. The summed E-state index contributed by atoms with van der Waals surface area (Å²) in [7, 11) is 3.31. The van der Waals surface area contributed by atoms with Crippen molar-refractivity contribution in [2.45, 2.75) is 0 Å². The van der Waals surface area contributed by atoms with Crippen molar-refractivity contribution in [2.75, 3.05) is 14.2 Å². The van der Waals surface area contributed by atoms with E-state index >= 15 is 0 Å². The molecule has 0 radical (unpaired) electrons. The molecule has 0 rings (SSSR count). The topological polar surface area (TPSA) is 33.6 Å². The lowest BCUT2D eigenvalue weighted by Crippen LogP contribution is -2.02. The lowest BCUT2D eigenvalue weighted by molar-refractivity contribution is 0.331. The minimum absolute atomic E-state index is 0.632. The van der Waals surface area contributed by atoms with Crippen molar-refractivity contribution in [3.8, 4) is 0 Å². The Morgan fingerprint density at radius 2 is 2.50 bits per heavy atom. The smallest absolute Gasteiger partial charge is 0.160 e. The molecule has 3 nitrogen and oxygen atoms in total. The number of rotatable bonds is 3. The standard InChI is InChI=1S/C5H10N2O/c1-6-5(7-2)4-8-3/h4,7H,1H2,2-3H3/b5-4+. The van der Waals surface area contributed by atoms with Gasteiger partial charge in [-0.05, 0) is 6.72 Å². The predicted octanol–water partition coefficient (Wildman–Crippen LogP) is 0.352. The first-order valence-corrected chi connectivity index (χ1v) is 2.22. The predicted molar refractivity (Wildman–Crippen MR) is 33.7 cm³/mol. The number of methoxy groups -OCH3 is 1. The lowest BCUT2D eigenvalue weighted by Gasteiger charge is -1.95. The fourth-order valence-electron chi connectivity index (χ4n) is 0.287. The maximum absolute atomic E-state index is 4.63. The molecule has 0 aromatic carbocycles. The maximum Gasteiger partial charge on any atom is 0.160 e. The molecule has 0 aromatic heterocycles. The molecule has 0 heterocycles. The van der Waals surface area contributed by atoms with E-state index in [1.165, 1.54) is 6.26 Å². The number of aliphatic imine (C=N–C) groups is 1. The van der Waals surface area contributed by atoms with E-state index in [4.69, 9.17) is 0 Å². The quantitative estimate of drug-likeness (QED) is 0.424. The minimum atomic E-state index is 0.632. The van der Waals surface area contributed by atoms with Gasteiger partial charge in [-0.3, -0.25) is 0 Å². The molecular formula is C5H10N2O. The van der Waals surface area contributed by atoms with Crippen LogP contribution in [0.1, 0.15) is 0 Å². The van der Waals surface area contributed by atoms with E-state index in [9.17, 15) is 0 Å². The summed E-state index contributed by atoms with van der Waals surface area (Å²) in [5, 5.41) is 2.76. The van der Waals surface area contributed by atoms with Crippen molar-refractivity contribution >= 4 is 6.72 Å². The van der Waals surface area contributed by atoms with E-state index in [-0.39, 0.29) is 0 Å². The third-order valence-electron chi connectivity index (χ3n) is 0.656. The first-order chi connectivity index (χ1) is 3.85. The fourth-order valence-corrected chi connectivity index (χ4v) is 0.287. The van der Waals surface area contributed by atoms with Gasteiger partial charge in [0, 0.05) is 7.05 Å². The van der Waals surface area contributed by atoms with Crippen LogP contribution in [0.15, 0.2) is 17.1 Å². The van der Waals surface area contributed by atoms with Gasteiger partial charge in [0.05, 0.1) is 7.11 Å². The summed E-state index contributed by atoms with van der Waals surface area (Å²) in [5.41, 5.74) is 0. The van der Waals surface area contributed by atoms with Crippen molar-refractivity contribution in [2.24, 2.45) is 4.99 Å². The molecule has 0 saturated carbocycles. The van der Waals surface area contributed by atoms with Crippen LogP contribution in [0.2, 0.25) is 0 Å². The van der Waals surface area contributed by atoms with Crippen molar-refractivity contribution in [1.29, 1.82) is 0 Å². The summed E-state index contributed by atoms with van der Waals surface area (Å²) in [6.07, 6.45) is 1.48. The Morgan fingerprint density at radius 3 is 2.62 bits per heavy atom. The summed E-state index contributed by atoms with van der Waals surface area (Å²) >= 11 is 0. The summed E-state index contributed by atoms with van der Waals surface area (Å²) in [5.74, 6) is 0.632. The molecule has 0 bridgehead atoms. The van der Waals surface area contributed by atoms with Gasteiger partial charge in [0.25, 0.3) is 0 Å². The van der Waals surface area contributed by atoms with Crippen molar-refractivity contribution in [1.82, 2.24) is 5.32 Å². The second-order valence-corrected chi connectivity index (χ2v) is 1.15. The molecule has 0 fully saturated rings. The molecule has 0 atom stereocenters. The zero-order valence-electron chi connectivity index (χ0n) is 5.14. The van der Waals surface area contributed by atoms with Crippen LogP contribution in [0.25, 0.3) is 0 Å². The molecular weight excluding hydrogens is 104 g/mol. The molecule has 0 aliphatic carbocycles. The number of nitrogens with one attached hydrogen (secondary N) is 1. The van der Waals surface area contributed by atoms with E-state index in [0.717, 1.165) is 0 Å². The van der Waals surface area contributed by atoms with Crippen LogP contribution >= 0.6 is 0 Å². The molecule has 0 aliphatic heterocycles. The van der Waals surface area contributed by atoms with Crippen LogP contribution < -0.4 is 5.32 Å². The lowest BCUT2D eigenvalue weighted by atomic mass is 10.8. The van der Waals surface area contributed by atoms with Crippen LogP contribution in [0.3, 0.4) is 0 Å². The highest BCUT2D eigenvalue weighted by Crippen LogP contribution is 1.85. The molecule has 3 heteroatoms. The van der Waals surface area contributed by atoms with E-state index in [0.29, 0.717) is 5.82 Å². The fraction of sp³-hybridized carbons (Fsp3) is 0.400. The molecule has 1 N–H and O–H groups in total. The first kappa shape index (κ1) is 7.01. The zero-order valence-corrected chi connectivity index (χ0v) is 5.14. The molecule has 0 saturated heterocycles. The van der Waals surface area contributed by atoms with Gasteiger partial charge in [-0.25, -0.2) is 4.99 Å². The van der Waals surface area contributed by atoms with Crippen LogP contribution in [-0.4, -0.2) is 20.9 Å². The molecule has 0 aromatic rings. The van der Waals surface area contributed by atoms with Gasteiger partial charge < -0.3 is 10.1 Å². The second-order valence-electron chi connectivity index (χ2n) is 1.15. The Morgan fingerprint density at radius 1 is 1.88 bits per heavy atom. The highest BCUT2D eigenvalue weighted by atomic mass is 16.5. The largest absolute Gasteiger partial charge is 0.501 e. The number of nitrogens with zero attached hydrogens (tertiary/aromatic N) is 1. The minimum Gasteiger partial charge on any atom is -0.501 e. The Hall–Kier alpha value is -0.990. The summed E-state index contributed by atoms with van der Waals surface area (Å²) in [6.45, 7) is 3.29. The number of hydrogen-bond donors (Lipinski definition) is 1. The van der Waals surface area contributed by atoms with Gasteiger partial charge in [-0.2, -0.15) is 0 Å². The van der Waals surface area contributed by atoms with Crippen LogP contribution in [0.4, 0.5) is 0 Å². The third-order valence-corrected chi connectivity index (χ3v) is 0.656. The summed E-state index contributed by atoms with van der Waals surface area (Å²) in [6, 6.07) is 0. The van der Waals surface area contributed by atoms with Gasteiger partial charge in [-0.15, -0.1) is 0 Å². The monoisotopic (exact) mass is 114 g/mol. The van der Waals surface area contributed by atoms with Gasteiger partial charge >= 0.3 is 0 Å². The number of ether oxygens (including phenoxy) is 1. The Kier molecular flexibility index (Phi) is 3.66. The van der Waals surface area contributed by atoms with Crippen molar-refractivity contribution in [3.05, 3.63) is 12.1 Å². The van der Waals surface area contributed by atoms with Crippen LogP contribution in [0, 0.1) is 0 Å². The van der Waals surface area contributed by atoms with E-state index in [2.05, 4.69) is 21.8 Å². The second kappa shape index (κ2) is 4.18. The molecule has 8 heavy (non-hydrogen) atoms. The molecule has 0 spiro atoms. The van der Waals surface area contributed by atoms with E-state index < -0.39 is 0 Å². The highest BCUT2D eigenvalue weighted by Gasteiger charge is 1.80. The first-order valence-electron chi connectivity index (χ1n) is 2.22. The van der Waals surface area contributed by atoms with Gasteiger partial charge in [0.1, 0.15) is 6.26 Å². The Labute approximate surface area is 49.1 Å². The van der Waals surface area contributed by atoms with E-state index in [1.807, 2.05) is 0 Å². The maximum atomic E-state index is 4.63. The molecule has 0 unspecified atom stereocenters. The van der Waals surface area contributed by atoms with Gasteiger partial charge in [0.15, 0.2) is 5.82 Å². The normalized spacial score (nSPS) is 10.5. The molecule has 46 valence electrons. The average Bonchev–Trinajstić information content (AvgIpc) is 1.83. The van der Waals surface area contributed by atoms with Crippen molar-refractivity contribution in [3.63, 3.8) is 0 Å². The Bertz CT molecular complexity index is 98.6. The van der Waals surface area contributed by atoms with E-state index in [1.54, 1.807) is 14.2 Å².